The number of nitrogens with zero attached hydrogens (tertiary/aromatic N) is 3. The van der Waals surface area contributed by atoms with Gasteiger partial charge in [-0.25, -0.2) is 9.18 Å². The van der Waals surface area contributed by atoms with E-state index in [1.165, 1.54) is 35.3 Å². The zero-order chi connectivity index (χ0) is 22.0. The summed E-state index contributed by atoms with van der Waals surface area (Å²) in [6, 6.07) is 10.2. The maximum absolute atomic E-state index is 13.3. The van der Waals surface area contributed by atoms with Crippen LogP contribution in [0, 0.1) is 5.82 Å². The third-order valence-electron chi connectivity index (χ3n) is 5.99. The van der Waals surface area contributed by atoms with E-state index < -0.39 is 35.7 Å². The monoisotopic (exact) mass is 424 g/mol. The van der Waals surface area contributed by atoms with Gasteiger partial charge < -0.3 is 5.32 Å². The van der Waals surface area contributed by atoms with Crippen molar-refractivity contribution in [2.75, 3.05) is 6.54 Å². The summed E-state index contributed by atoms with van der Waals surface area (Å²) in [5.74, 6) is -1.42. The number of benzene rings is 1. The Balaban J connectivity index is 1.57. The van der Waals surface area contributed by atoms with Crippen molar-refractivity contribution in [3.8, 4) is 0 Å². The van der Waals surface area contributed by atoms with Crippen molar-refractivity contribution in [3.05, 3.63) is 65.5 Å². The highest BCUT2D eigenvalue weighted by Crippen LogP contribution is 2.28. The number of hydrogen-bond donors (Lipinski definition) is 1. The molecular formula is C23H25FN4O3. The molecule has 2 aromatic rings. The number of nitrogens with one attached hydrogen (secondary N) is 1. The molecule has 2 fully saturated rings. The topological polar surface area (TPSA) is 83.8 Å². The maximum Gasteiger partial charge on any atom is 0.325 e. The largest absolute Gasteiger partial charge is 0.325 e. The quantitative estimate of drug-likeness (QED) is 0.766. The normalized spacial score (nSPS) is 22.6. The van der Waals surface area contributed by atoms with Crippen molar-refractivity contribution < 1.29 is 18.8 Å². The highest BCUT2D eigenvalue weighted by atomic mass is 19.1. The summed E-state index contributed by atoms with van der Waals surface area (Å²) in [5, 5.41) is 2.63. The molecule has 162 valence electrons. The van der Waals surface area contributed by atoms with Crippen molar-refractivity contribution in [3.63, 3.8) is 0 Å². The summed E-state index contributed by atoms with van der Waals surface area (Å²) in [7, 11) is 0. The van der Waals surface area contributed by atoms with E-state index in [4.69, 9.17) is 4.99 Å². The Bertz CT molecular complexity index is 1070. The molecule has 3 amide bonds. The summed E-state index contributed by atoms with van der Waals surface area (Å²) < 4.78 is 14.7. The summed E-state index contributed by atoms with van der Waals surface area (Å²) >= 11 is 0. The average molecular weight is 424 g/mol. The SMILES string of the molecule is CC1(c2ccc(F)cc2)NC(=O)N(CC(=O)n2ccccc2=NC2CCCCC2)C1=O. The van der Waals surface area contributed by atoms with Gasteiger partial charge in [0.2, 0.25) is 0 Å². The number of aromatic nitrogens is 1. The number of imide groups is 1. The average Bonchev–Trinajstić information content (AvgIpc) is 2.99. The first-order valence-electron chi connectivity index (χ1n) is 10.5. The van der Waals surface area contributed by atoms with Crippen molar-refractivity contribution >= 4 is 17.8 Å². The Labute approximate surface area is 179 Å². The van der Waals surface area contributed by atoms with Gasteiger partial charge in [0.15, 0.2) is 0 Å². The Morgan fingerprint density at radius 1 is 1.13 bits per heavy atom. The van der Waals surface area contributed by atoms with Crippen molar-refractivity contribution in [1.29, 1.82) is 0 Å². The van der Waals surface area contributed by atoms with Gasteiger partial charge >= 0.3 is 6.03 Å². The van der Waals surface area contributed by atoms with Gasteiger partial charge in [0, 0.05) is 6.20 Å². The van der Waals surface area contributed by atoms with E-state index in [2.05, 4.69) is 5.32 Å². The minimum Gasteiger partial charge on any atom is -0.319 e. The zero-order valence-electron chi connectivity index (χ0n) is 17.4. The highest BCUT2D eigenvalue weighted by Gasteiger charge is 2.49. The predicted molar refractivity (Wildman–Crippen MR) is 111 cm³/mol. The van der Waals surface area contributed by atoms with Crippen LogP contribution in [0.4, 0.5) is 9.18 Å². The lowest BCUT2D eigenvalue weighted by Gasteiger charge is -2.22. The summed E-state index contributed by atoms with van der Waals surface area (Å²) in [6.07, 6.45) is 7.04. The maximum atomic E-state index is 13.3. The first-order valence-corrected chi connectivity index (χ1v) is 10.5. The van der Waals surface area contributed by atoms with Crippen molar-refractivity contribution in [2.45, 2.75) is 50.6 Å². The molecule has 1 saturated carbocycles. The van der Waals surface area contributed by atoms with E-state index in [-0.39, 0.29) is 6.04 Å². The fourth-order valence-electron chi connectivity index (χ4n) is 4.18. The number of rotatable bonds is 4. The Morgan fingerprint density at radius 2 is 1.84 bits per heavy atom. The van der Waals surface area contributed by atoms with E-state index in [1.54, 1.807) is 25.3 Å². The Kier molecular flexibility index (Phi) is 5.71. The molecule has 0 radical (unpaired) electrons. The minimum atomic E-state index is -1.36. The van der Waals surface area contributed by atoms with Gasteiger partial charge in [0.1, 0.15) is 23.4 Å². The fraction of sp³-hybridized carbons (Fsp3) is 0.391. The van der Waals surface area contributed by atoms with Gasteiger partial charge in [-0.1, -0.05) is 37.5 Å². The van der Waals surface area contributed by atoms with E-state index in [9.17, 15) is 18.8 Å². The molecular weight excluding hydrogens is 399 g/mol. The Hall–Kier alpha value is -3.29. The van der Waals surface area contributed by atoms with Crippen LogP contribution in [0.5, 0.6) is 0 Å². The molecule has 7 nitrogen and oxygen atoms in total. The molecule has 2 aliphatic rings. The van der Waals surface area contributed by atoms with Crippen LogP contribution in [-0.2, 0) is 10.3 Å². The van der Waals surface area contributed by atoms with Gasteiger partial charge in [0.05, 0.1) is 6.04 Å². The standard InChI is InChI=1S/C23H25FN4O3/c1-23(16-10-12-17(24)13-11-16)21(30)28(22(31)26-23)15-20(29)27-14-6-5-9-19(27)25-18-7-3-2-4-8-18/h5-6,9-14,18H,2-4,7-8,15H2,1H3,(H,26,31). The number of carbonyl (C=O) groups excluding carboxylic acids is 3. The van der Waals surface area contributed by atoms with Crippen LogP contribution in [0.3, 0.4) is 0 Å². The number of pyridine rings is 1. The smallest absolute Gasteiger partial charge is 0.319 e. The zero-order valence-corrected chi connectivity index (χ0v) is 17.4. The minimum absolute atomic E-state index is 0.175. The summed E-state index contributed by atoms with van der Waals surface area (Å²) in [5.41, 5.74) is -0.392. The molecule has 1 atom stereocenters. The molecule has 2 heterocycles. The summed E-state index contributed by atoms with van der Waals surface area (Å²) in [4.78, 5) is 44.3. The van der Waals surface area contributed by atoms with Gasteiger partial charge in [-0.2, -0.15) is 0 Å². The lowest BCUT2D eigenvalue weighted by molar-refractivity contribution is -0.130. The lowest BCUT2D eigenvalue weighted by Crippen LogP contribution is -2.43. The number of urea groups is 1. The number of halogens is 1. The molecule has 1 aliphatic carbocycles. The second-order valence-electron chi connectivity index (χ2n) is 8.20. The van der Waals surface area contributed by atoms with Crippen LogP contribution in [-0.4, -0.2) is 39.9 Å². The molecule has 1 aromatic heterocycles. The molecule has 1 aromatic carbocycles. The van der Waals surface area contributed by atoms with Gasteiger partial charge in [0.25, 0.3) is 11.8 Å². The third kappa shape index (κ3) is 4.15. The molecule has 1 unspecified atom stereocenters. The molecule has 1 aliphatic heterocycles. The predicted octanol–water partition coefficient (Wildman–Crippen LogP) is 2.97. The van der Waals surface area contributed by atoms with E-state index >= 15 is 0 Å². The third-order valence-corrected chi connectivity index (χ3v) is 5.99. The molecule has 0 spiro atoms. The van der Waals surface area contributed by atoms with E-state index in [0.717, 1.165) is 30.6 Å². The van der Waals surface area contributed by atoms with Crippen LogP contribution in [0.15, 0.2) is 53.7 Å². The van der Waals surface area contributed by atoms with Crippen molar-refractivity contribution in [1.82, 2.24) is 14.8 Å². The second kappa shape index (κ2) is 8.45. The first-order chi connectivity index (χ1) is 14.9. The van der Waals surface area contributed by atoms with Crippen LogP contribution in [0.25, 0.3) is 0 Å². The van der Waals surface area contributed by atoms with Crippen LogP contribution >= 0.6 is 0 Å². The number of carbonyl (C=O) groups is 3. The highest BCUT2D eigenvalue weighted by molar-refractivity contribution is 6.09. The molecule has 0 bridgehead atoms. The molecule has 1 saturated heterocycles. The molecule has 31 heavy (non-hydrogen) atoms. The lowest BCUT2D eigenvalue weighted by atomic mass is 9.92. The molecule has 1 N–H and O–H groups in total. The number of hydrogen-bond acceptors (Lipinski definition) is 4. The van der Waals surface area contributed by atoms with Crippen LogP contribution in [0.1, 0.15) is 49.4 Å². The number of amides is 3. The fourth-order valence-corrected chi connectivity index (χ4v) is 4.18. The van der Waals surface area contributed by atoms with Crippen LogP contribution < -0.4 is 10.8 Å². The first kappa shape index (κ1) is 21.0. The van der Waals surface area contributed by atoms with E-state index in [1.807, 2.05) is 6.07 Å². The van der Waals surface area contributed by atoms with Crippen LogP contribution in [0.2, 0.25) is 0 Å². The van der Waals surface area contributed by atoms with Gasteiger partial charge in [-0.3, -0.25) is 24.0 Å². The Morgan fingerprint density at radius 3 is 2.55 bits per heavy atom. The van der Waals surface area contributed by atoms with E-state index in [0.29, 0.717) is 11.1 Å². The summed E-state index contributed by atoms with van der Waals surface area (Å²) in [6.45, 7) is 1.13. The van der Waals surface area contributed by atoms with Gasteiger partial charge in [-0.05, 0) is 49.6 Å². The molecule has 4 rings (SSSR count). The van der Waals surface area contributed by atoms with Crippen molar-refractivity contribution in [2.24, 2.45) is 4.99 Å². The second-order valence-corrected chi connectivity index (χ2v) is 8.20. The van der Waals surface area contributed by atoms with Gasteiger partial charge in [-0.15, -0.1) is 0 Å². The molecule has 8 heteroatoms.